The maximum atomic E-state index is 15.1. The predicted molar refractivity (Wildman–Crippen MR) is 159 cm³/mol. The summed E-state index contributed by atoms with van der Waals surface area (Å²) in [5, 5.41) is 13.2. The summed E-state index contributed by atoms with van der Waals surface area (Å²) < 4.78 is 34.1. The van der Waals surface area contributed by atoms with E-state index in [0.717, 1.165) is 44.2 Å². The fourth-order valence-corrected chi connectivity index (χ4v) is 4.18. The minimum Gasteiger partial charge on any atom is -0.452 e. The van der Waals surface area contributed by atoms with Gasteiger partial charge in [-0.1, -0.05) is 6.08 Å². The first-order valence-corrected chi connectivity index (χ1v) is 13.2. The van der Waals surface area contributed by atoms with E-state index in [0.29, 0.717) is 29.1 Å². The number of dihydropyridines is 1. The van der Waals surface area contributed by atoms with Crippen LogP contribution in [0, 0.1) is 17.0 Å². The van der Waals surface area contributed by atoms with Crippen molar-refractivity contribution in [3.63, 3.8) is 0 Å². The summed E-state index contributed by atoms with van der Waals surface area (Å²) >= 11 is 0. The van der Waals surface area contributed by atoms with E-state index in [1.165, 1.54) is 65.7 Å². The Hall–Kier alpha value is -5.03. The van der Waals surface area contributed by atoms with Crippen molar-refractivity contribution in [2.45, 2.75) is 6.92 Å². The molecule has 2 aliphatic rings. The van der Waals surface area contributed by atoms with Crippen LogP contribution >= 0.6 is 0 Å². The number of anilines is 2. The van der Waals surface area contributed by atoms with Crippen molar-refractivity contribution in [2.24, 2.45) is 0 Å². The van der Waals surface area contributed by atoms with Gasteiger partial charge in [-0.3, -0.25) is 14.5 Å². The maximum absolute atomic E-state index is 15.1. The molecule has 1 saturated heterocycles. The van der Waals surface area contributed by atoms with Crippen LogP contribution in [0.25, 0.3) is 0 Å². The van der Waals surface area contributed by atoms with Crippen molar-refractivity contribution in [3.05, 3.63) is 114 Å². The van der Waals surface area contributed by atoms with Crippen LogP contribution in [0.15, 0.2) is 102 Å². The van der Waals surface area contributed by atoms with Crippen LogP contribution in [-0.2, 0) is 9.59 Å². The Bertz CT molecular complexity index is 1470. The number of ether oxygens (including phenoxy) is 1. The molecule has 0 bridgehead atoms. The Morgan fingerprint density at radius 2 is 1.86 bits per heavy atom. The smallest absolute Gasteiger partial charge is 0.251 e. The van der Waals surface area contributed by atoms with Gasteiger partial charge in [0.05, 0.1) is 11.4 Å². The lowest BCUT2D eigenvalue weighted by Gasteiger charge is -2.35. The number of nitrogens with one attached hydrogen (secondary N) is 3. The Labute approximate surface area is 243 Å². The zero-order valence-corrected chi connectivity index (χ0v) is 23.3. The summed E-state index contributed by atoms with van der Waals surface area (Å²) in [4.78, 5) is 29.7. The van der Waals surface area contributed by atoms with Gasteiger partial charge >= 0.3 is 0 Å². The van der Waals surface area contributed by atoms with Crippen molar-refractivity contribution in [1.29, 1.82) is 5.41 Å². The Kier molecular flexibility index (Phi) is 10.0. The minimum atomic E-state index is -0.680. The van der Waals surface area contributed by atoms with E-state index < -0.39 is 17.5 Å². The third-order valence-electron chi connectivity index (χ3n) is 6.64. The van der Waals surface area contributed by atoms with Gasteiger partial charge in [0.25, 0.3) is 5.91 Å². The third-order valence-corrected chi connectivity index (χ3v) is 6.64. The first kappa shape index (κ1) is 29.9. The molecule has 2 aromatic carbocycles. The predicted octanol–water partition coefficient (Wildman–Crippen LogP) is 4.51. The summed E-state index contributed by atoms with van der Waals surface area (Å²) in [6.07, 6.45) is 11.3. The number of benzene rings is 2. The molecule has 2 amide bonds. The number of piperazine rings is 1. The van der Waals surface area contributed by atoms with Crippen LogP contribution in [0.1, 0.15) is 6.92 Å². The summed E-state index contributed by atoms with van der Waals surface area (Å²) in [6, 6.07) is 9.49. The quantitative estimate of drug-likeness (QED) is 0.167. The van der Waals surface area contributed by atoms with Crippen molar-refractivity contribution in [3.8, 4) is 5.75 Å². The van der Waals surface area contributed by atoms with Crippen molar-refractivity contribution in [1.82, 2.24) is 15.1 Å². The minimum absolute atomic E-state index is 0.0403. The van der Waals surface area contributed by atoms with Crippen molar-refractivity contribution < 1.29 is 23.1 Å². The van der Waals surface area contributed by atoms with E-state index >= 15 is 4.39 Å². The fourth-order valence-electron chi connectivity index (χ4n) is 4.18. The second kappa shape index (κ2) is 14.0. The van der Waals surface area contributed by atoms with Gasteiger partial charge < -0.3 is 30.6 Å². The van der Waals surface area contributed by atoms with E-state index in [1.807, 2.05) is 12.3 Å². The molecule has 4 rings (SSSR count). The lowest BCUT2D eigenvalue weighted by atomic mass is 10.2. The van der Waals surface area contributed by atoms with Crippen molar-refractivity contribution in [2.75, 3.05) is 43.4 Å². The topological polar surface area (TPSA) is 101 Å². The van der Waals surface area contributed by atoms with Crippen molar-refractivity contribution >= 4 is 29.9 Å². The van der Waals surface area contributed by atoms with Crippen LogP contribution < -0.4 is 20.3 Å². The van der Waals surface area contributed by atoms with Crippen LogP contribution in [0.3, 0.4) is 0 Å². The van der Waals surface area contributed by atoms with Crippen LogP contribution in [0.4, 0.5) is 20.2 Å². The highest BCUT2D eigenvalue weighted by molar-refractivity contribution is 6.03. The fraction of sp³-hybridized carbons (Fsp3) is 0.194. The number of carbonyl (C=O) groups is 2. The molecule has 0 saturated carbocycles. The summed E-state index contributed by atoms with van der Waals surface area (Å²) in [5.74, 6) is -1.25. The SMILES string of the molecule is C/C(=C\C=C/N(C=O)c1ccc(F)cc1)C(=O)Nc1ccc(OC2=CC(N3CCN(C)CC3)=CN/C2=C\C=N)c(F)c1. The number of carbonyl (C=O) groups excluding carboxylic acids is 2. The molecular formula is C31H32F2N6O3. The van der Waals surface area contributed by atoms with Crippen LogP contribution in [0.5, 0.6) is 5.75 Å². The Balaban J connectivity index is 1.41. The normalized spacial score (nSPS) is 16.9. The molecule has 0 aromatic heterocycles. The number of rotatable bonds is 10. The number of halogens is 2. The van der Waals surface area contributed by atoms with Gasteiger partial charge in [-0.25, -0.2) is 8.78 Å². The molecule has 0 unspecified atom stereocenters. The van der Waals surface area contributed by atoms with Gasteiger partial charge in [-0.05, 0) is 62.5 Å². The second-order valence-electron chi connectivity index (χ2n) is 9.64. The Morgan fingerprint density at radius 3 is 2.52 bits per heavy atom. The monoisotopic (exact) mass is 574 g/mol. The van der Waals surface area contributed by atoms with Crippen LogP contribution in [-0.4, -0.2) is 61.6 Å². The van der Waals surface area contributed by atoms with Gasteiger partial charge in [0, 0.05) is 73.9 Å². The highest BCUT2D eigenvalue weighted by Gasteiger charge is 2.21. The van der Waals surface area contributed by atoms with E-state index in [1.54, 1.807) is 6.92 Å². The van der Waals surface area contributed by atoms with Gasteiger partial charge in [-0.15, -0.1) is 0 Å². The number of hydrogen-bond acceptors (Lipinski definition) is 7. The van der Waals surface area contributed by atoms with Crippen LogP contribution in [0.2, 0.25) is 0 Å². The molecule has 0 radical (unpaired) electrons. The largest absolute Gasteiger partial charge is 0.452 e. The molecule has 9 nitrogen and oxygen atoms in total. The molecule has 42 heavy (non-hydrogen) atoms. The Morgan fingerprint density at radius 1 is 1.12 bits per heavy atom. The zero-order chi connectivity index (χ0) is 30.1. The van der Waals surface area contributed by atoms with E-state index in [9.17, 15) is 14.0 Å². The molecule has 218 valence electrons. The lowest BCUT2D eigenvalue weighted by molar-refractivity contribution is -0.112. The van der Waals surface area contributed by atoms with E-state index in [2.05, 4.69) is 27.5 Å². The van der Waals surface area contributed by atoms with Gasteiger partial charge in [0.1, 0.15) is 5.82 Å². The van der Waals surface area contributed by atoms with E-state index in [-0.39, 0.29) is 11.4 Å². The third kappa shape index (κ3) is 7.79. The molecule has 0 aliphatic carbocycles. The average Bonchev–Trinajstić information content (AvgIpc) is 2.98. The average molecular weight is 575 g/mol. The van der Waals surface area contributed by atoms with Gasteiger partial charge in [-0.2, -0.15) is 0 Å². The standard InChI is InChI=1S/C31H32F2N6O3/c1-22(4-3-13-39(21-40)25-8-5-23(32)6-9-25)31(41)36-24-7-10-29(27(33)18-24)42-30-19-26(20-35-28(30)11-12-34)38-16-14-37(2)15-17-38/h3-13,18-21,34-35H,14-17H2,1-2H3,(H,36,41)/b13-3-,22-4+,28-11-,34-12?. The highest BCUT2D eigenvalue weighted by atomic mass is 19.1. The molecular weight excluding hydrogens is 542 g/mol. The van der Waals surface area contributed by atoms with Gasteiger partial charge in [0.15, 0.2) is 17.3 Å². The number of allylic oxidation sites excluding steroid dienone is 4. The molecule has 2 aliphatic heterocycles. The molecule has 2 heterocycles. The molecule has 11 heteroatoms. The number of nitrogens with zero attached hydrogens (tertiary/aromatic N) is 3. The lowest BCUT2D eigenvalue weighted by Crippen LogP contribution is -2.44. The van der Waals surface area contributed by atoms with E-state index in [4.69, 9.17) is 10.1 Å². The summed E-state index contributed by atoms with van der Waals surface area (Å²) in [5.41, 5.74) is 2.41. The molecule has 3 N–H and O–H groups in total. The first-order valence-electron chi connectivity index (χ1n) is 13.2. The highest BCUT2D eigenvalue weighted by Crippen LogP contribution is 2.27. The molecule has 0 spiro atoms. The van der Waals surface area contributed by atoms with Gasteiger partial charge in [0.2, 0.25) is 6.41 Å². The number of likely N-dealkylation sites (N-methyl/N-ethyl adjacent to an activating group) is 1. The number of amides is 2. The molecule has 0 atom stereocenters. The number of hydrogen-bond donors (Lipinski definition) is 3. The molecule has 1 fully saturated rings. The summed E-state index contributed by atoms with van der Waals surface area (Å²) in [7, 11) is 2.07. The zero-order valence-electron chi connectivity index (χ0n) is 23.3. The maximum Gasteiger partial charge on any atom is 0.251 e. The first-order chi connectivity index (χ1) is 20.3. The molecule has 2 aromatic rings. The second-order valence-corrected chi connectivity index (χ2v) is 9.64. The summed E-state index contributed by atoms with van der Waals surface area (Å²) in [6.45, 7) is 5.09.